The average Bonchev–Trinajstić information content (AvgIpc) is 3.34. The van der Waals surface area contributed by atoms with Crippen molar-refractivity contribution in [1.29, 1.82) is 0 Å². The van der Waals surface area contributed by atoms with Crippen molar-refractivity contribution < 1.29 is 19.4 Å². The molecule has 166 valence electrons. The molecule has 6 heteroatoms. The highest BCUT2D eigenvalue weighted by Crippen LogP contribution is 2.29. The van der Waals surface area contributed by atoms with Crippen LogP contribution < -0.4 is 4.74 Å². The van der Waals surface area contributed by atoms with Crippen LogP contribution in [0.3, 0.4) is 0 Å². The van der Waals surface area contributed by atoms with Gasteiger partial charge in [-0.15, -0.1) is 11.3 Å². The second-order valence-corrected chi connectivity index (χ2v) is 8.96. The van der Waals surface area contributed by atoms with Crippen LogP contribution in [0.4, 0.5) is 0 Å². The van der Waals surface area contributed by atoms with E-state index in [0.717, 1.165) is 17.9 Å². The predicted molar refractivity (Wildman–Crippen MR) is 125 cm³/mol. The first-order valence-electron chi connectivity index (χ1n) is 10.7. The van der Waals surface area contributed by atoms with Crippen LogP contribution >= 0.6 is 11.3 Å². The number of thiophene rings is 1. The molecule has 2 heterocycles. The summed E-state index contributed by atoms with van der Waals surface area (Å²) in [5.74, 6) is -0.146. The van der Waals surface area contributed by atoms with Crippen molar-refractivity contribution in [3.05, 3.63) is 64.7 Å². The number of nitrogens with zero attached hydrogens (tertiary/aromatic N) is 1. The first-order chi connectivity index (χ1) is 14.9. The summed E-state index contributed by atoms with van der Waals surface area (Å²) >= 11 is 1.80. The number of benzene rings is 1. The second-order valence-electron chi connectivity index (χ2n) is 7.68. The molecule has 5 nitrogen and oxygen atoms in total. The number of carboxylic acid groups (broad SMARTS) is 1. The van der Waals surface area contributed by atoms with E-state index in [9.17, 15) is 9.90 Å². The zero-order valence-corrected chi connectivity index (χ0v) is 19.5. The Balaban J connectivity index is 1.62. The fourth-order valence-corrected chi connectivity index (χ4v) is 4.69. The van der Waals surface area contributed by atoms with Crippen molar-refractivity contribution in [3.8, 4) is 16.3 Å². The van der Waals surface area contributed by atoms with E-state index < -0.39 is 11.6 Å². The first-order valence-corrected chi connectivity index (χ1v) is 11.5. The number of rotatable bonds is 11. The fourth-order valence-electron chi connectivity index (χ4n) is 3.78. The molecule has 0 aliphatic heterocycles. The van der Waals surface area contributed by atoms with Gasteiger partial charge in [0, 0.05) is 23.6 Å². The van der Waals surface area contributed by atoms with E-state index in [1.165, 1.54) is 21.1 Å². The lowest BCUT2D eigenvalue weighted by Gasteiger charge is -2.28. The normalized spacial score (nSPS) is 13.2. The monoisotopic (exact) mass is 441 g/mol. The Hall–Kier alpha value is -2.57. The first kappa shape index (κ1) is 23.1. The second kappa shape index (κ2) is 10.2. The molecule has 0 amide bonds. The predicted octanol–water partition coefficient (Wildman–Crippen LogP) is 5.72. The van der Waals surface area contributed by atoms with Crippen LogP contribution in [0.5, 0.6) is 5.75 Å². The molecule has 3 rings (SSSR count). The van der Waals surface area contributed by atoms with Crippen LogP contribution in [0.15, 0.2) is 48.5 Å². The smallest absolute Gasteiger partial charge is 0.336 e. The van der Waals surface area contributed by atoms with Gasteiger partial charge >= 0.3 is 5.97 Å². The van der Waals surface area contributed by atoms with E-state index in [2.05, 4.69) is 42.7 Å². The van der Waals surface area contributed by atoms with Crippen LogP contribution in [0.25, 0.3) is 10.6 Å². The summed E-state index contributed by atoms with van der Waals surface area (Å²) < 4.78 is 13.9. The van der Waals surface area contributed by atoms with Crippen molar-refractivity contribution in [2.45, 2.75) is 52.7 Å². The maximum absolute atomic E-state index is 11.8. The van der Waals surface area contributed by atoms with Gasteiger partial charge in [0.2, 0.25) is 0 Å². The Kier molecular flexibility index (Phi) is 7.57. The van der Waals surface area contributed by atoms with Crippen LogP contribution in [0.2, 0.25) is 0 Å². The Morgan fingerprint density at radius 3 is 2.39 bits per heavy atom. The molecule has 0 spiro atoms. The maximum atomic E-state index is 11.8. The summed E-state index contributed by atoms with van der Waals surface area (Å²) in [6, 6.07) is 16.3. The summed E-state index contributed by atoms with van der Waals surface area (Å²) in [6.45, 7) is 9.58. The molecule has 1 N–H and O–H groups in total. The lowest BCUT2D eigenvalue weighted by Crippen LogP contribution is -2.43. The number of hydrogen-bond acceptors (Lipinski definition) is 4. The van der Waals surface area contributed by atoms with E-state index in [4.69, 9.17) is 9.47 Å². The largest absolute Gasteiger partial charge is 0.492 e. The van der Waals surface area contributed by atoms with Crippen LogP contribution in [-0.4, -0.2) is 34.5 Å². The van der Waals surface area contributed by atoms with E-state index in [1.54, 1.807) is 11.3 Å². The van der Waals surface area contributed by atoms with Crippen LogP contribution in [-0.2, 0) is 22.5 Å². The minimum atomic E-state index is -1.18. The Morgan fingerprint density at radius 2 is 1.81 bits per heavy atom. The van der Waals surface area contributed by atoms with E-state index >= 15 is 0 Å². The number of ether oxygens (including phenoxy) is 2. The lowest BCUT2D eigenvalue weighted by molar-refractivity contribution is -0.166. The molecule has 1 unspecified atom stereocenters. The summed E-state index contributed by atoms with van der Waals surface area (Å²) in [6.07, 6.45) is 0.746. The zero-order valence-electron chi connectivity index (χ0n) is 18.7. The summed E-state index contributed by atoms with van der Waals surface area (Å²) in [5.41, 5.74) is 2.16. The molecule has 0 radical (unpaired) electrons. The molecule has 0 saturated heterocycles. The quantitative estimate of drug-likeness (QED) is 0.413. The van der Waals surface area contributed by atoms with Gasteiger partial charge in [0.05, 0.1) is 17.1 Å². The highest BCUT2D eigenvalue weighted by atomic mass is 32.1. The molecular weight excluding hydrogens is 410 g/mol. The number of aliphatic carboxylic acids is 1. The summed E-state index contributed by atoms with van der Waals surface area (Å²) in [7, 11) is 0. The SMILES string of the molecule is CCOC(CC)(Cc1ccc(OCCn2c(C)ccc2-c2ccc(C)s2)cc1)C(=O)O. The molecule has 1 aromatic carbocycles. The van der Waals surface area contributed by atoms with Gasteiger partial charge in [-0.3, -0.25) is 0 Å². The zero-order chi connectivity index (χ0) is 22.4. The third kappa shape index (κ3) is 5.38. The molecule has 3 aromatic rings. The van der Waals surface area contributed by atoms with Gasteiger partial charge < -0.3 is 19.1 Å². The third-order valence-corrected chi connectivity index (χ3v) is 6.59. The van der Waals surface area contributed by atoms with Gasteiger partial charge in [0.15, 0.2) is 5.60 Å². The summed E-state index contributed by atoms with van der Waals surface area (Å²) in [4.78, 5) is 14.3. The van der Waals surface area contributed by atoms with Crippen molar-refractivity contribution in [2.24, 2.45) is 0 Å². The molecule has 31 heavy (non-hydrogen) atoms. The van der Waals surface area contributed by atoms with Gasteiger partial charge in [0.1, 0.15) is 12.4 Å². The Morgan fingerprint density at radius 1 is 1.06 bits per heavy atom. The van der Waals surface area contributed by atoms with Crippen molar-refractivity contribution in [3.63, 3.8) is 0 Å². The number of carbonyl (C=O) groups is 1. The molecule has 0 fully saturated rings. The van der Waals surface area contributed by atoms with E-state index in [-0.39, 0.29) is 0 Å². The molecule has 0 aliphatic rings. The van der Waals surface area contributed by atoms with E-state index in [1.807, 2.05) is 38.1 Å². The number of aromatic nitrogens is 1. The molecule has 0 aliphatic carbocycles. The standard InChI is InChI=1S/C25H31NO4S/c1-5-25(24(27)28,30-6-2)17-20-9-11-21(12-10-20)29-16-15-26-18(3)7-13-22(26)23-14-8-19(4)31-23/h7-14H,5-6,15-17H2,1-4H3,(H,27,28). The number of aryl methyl sites for hydroxylation is 2. The highest BCUT2D eigenvalue weighted by molar-refractivity contribution is 7.15. The average molecular weight is 442 g/mol. The molecule has 2 aromatic heterocycles. The van der Waals surface area contributed by atoms with Gasteiger partial charge in [-0.1, -0.05) is 19.1 Å². The van der Waals surface area contributed by atoms with Gasteiger partial charge in [0.25, 0.3) is 0 Å². The van der Waals surface area contributed by atoms with Gasteiger partial charge in [-0.25, -0.2) is 4.79 Å². The van der Waals surface area contributed by atoms with Crippen molar-refractivity contribution in [2.75, 3.05) is 13.2 Å². The fraction of sp³-hybridized carbons (Fsp3) is 0.400. The molecule has 0 bridgehead atoms. The van der Waals surface area contributed by atoms with Crippen LogP contribution in [0, 0.1) is 13.8 Å². The minimum Gasteiger partial charge on any atom is -0.492 e. The lowest BCUT2D eigenvalue weighted by atomic mass is 9.91. The number of hydrogen-bond donors (Lipinski definition) is 1. The maximum Gasteiger partial charge on any atom is 0.336 e. The number of carboxylic acids is 1. The van der Waals surface area contributed by atoms with Crippen molar-refractivity contribution >= 4 is 17.3 Å². The van der Waals surface area contributed by atoms with Gasteiger partial charge in [-0.05, 0) is 69.2 Å². The highest BCUT2D eigenvalue weighted by Gasteiger charge is 2.37. The summed E-state index contributed by atoms with van der Waals surface area (Å²) in [5, 5.41) is 9.65. The van der Waals surface area contributed by atoms with Gasteiger partial charge in [-0.2, -0.15) is 0 Å². The molecule has 1 atom stereocenters. The third-order valence-electron chi connectivity index (χ3n) is 5.57. The van der Waals surface area contributed by atoms with E-state index in [0.29, 0.717) is 26.1 Å². The minimum absolute atomic E-state index is 0.332. The molecule has 0 saturated carbocycles. The Bertz CT molecular complexity index is 1000. The van der Waals surface area contributed by atoms with Crippen LogP contribution in [0.1, 0.15) is 36.4 Å². The molecular formula is C25H31NO4S. The Labute approximate surface area is 188 Å². The van der Waals surface area contributed by atoms with Crippen molar-refractivity contribution in [1.82, 2.24) is 4.57 Å². The topological polar surface area (TPSA) is 60.7 Å².